The molecule has 1 atom stereocenters. The van der Waals surface area contributed by atoms with Crippen LogP contribution in [0.15, 0.2) is 53.1 Å². The molecule has 1 aromatic carbocycles. The lowest BCUT2D eigenvalue weighted by atomic mass is 9.94. The van der Waals surface area contributed by atoms with Gasteiger partial charge in [-0.1, -0.05) is 30.3 Å². The molecule has 0 saturated heterocycles. The van der Waals surface area contributed by atoms with Crippen LogP contribution in [0.25, 0.3) is 11.3 Å². The molecule has 0 spiro atoms. The topological polar surface area (TPSA) is 89.2 Å². The number of rotatable bonds is 6. The molecule has 7 nitrogen and oxygen atoms in total. The highest BCUT2D eigenvalue weighted by atomic mass is 16.3. The minimum atomic E-state index is -0.163. The molecule has 3 heterocycles. The summed E-state index contributed by atoms with van der Waals surface area (Å²) in [7, 11) is 0. The highest BCUT2D eigenvalue weighted by Gasteiger charge is 2.25. The van der Waals surface area contributed by atoms with Crippen molar-refractivity contribution in [2.75, 3.05) is 6.54 Å². The van der Waals surface area contributed by atoms with Crippen molar-refractivity contribution in [2.45, 2.75) is 32.9 Å². The van der Waals surface area contributed by atoms with E-state index in [4.69, 9.17) is 4.42 Å². The van der Waals surface area contributed by atoms with E-state index in [-0.39, 0.29) is 11.8 Å². The Hall–Kier alpha value is -3.35. The van der Waals surface area contributed by atoms with Gasteiger partial charge < -0.3 is 15.1 Å². The van der Waals surface area contributed by atoms with E-state index in [0.29, 0.717) is 30.3 Å². The van der Waals surface area contributed by atoms with E-state index in [9.17, 15) is 9.59 Å². The number of benzene rings is 1. The maximum atomic E-state index is 12.7. The first-order valence-electron chi connectivity index (χ1n) is 9.81. The minimum Gasteiger partial charge on any atom is -0.459 e. The molecule has 0 saturated carbocycles. The van der Waals surface area contributed by atoms with Gasteiger partial charge in [0, 0.05) is 25.6 Å². The molecule has 4 rings (SSSR count). The first kappa shape index (κ1) is 19.0. The molecule has 3 aromatic rings. The maximum Gasteiger partial charge on any atom is 0.255 e. The summed E-state index contributed by atoms with van der Waals surface area (Å²) < 4.78 is 7.73. The van der Waals surface area contributed by atoms with E-state index in [2.05, 4.69) is 15.7 Å². The van der Waals surface area contributed by atoms with Crippen molar-refractivity contribution >= 4 is 11.8 Å². The summed E-state index contributed by atoms with van der Waals surface area (Å²) in [5, 5.41) is 10.1. The number of aryl methyl sites for hydroxylation is 1. The smallest absolute Gasteiger partial charge is 0.255 e. The molecule has 0 aliphatic carbocycles. The van der Waals surface area contributed by atoms with Gasteiger partial charge in [0.05, 0.1) is 24.0 Å². The van der Waals surface area contributed by atoms with Crippen molar-refractivity contribution in [3.05, 3.63) is 65.7 Å². The van der Waals surface area contributed by atoms with Gasteiger partial charge in [0.2, 0.25) is 5.91 Å². The molecule has 150 valence electrons. The quantitative estimate of drug-likeness (QED) is 0.675. The zero-order valence-corrected chi connectivity index (χ0v) is 16.4. The fourth-order valence-corrected chi connectivity index (χ4v) is 3.64. The number of furan rings is 1. The standard InChI is InChI=1S/C22H24N4O3/c1-15(27)23-12-16-9-10-26-20(11-16)19(14-25-26)22(28)24-13-18-7-8-21(29-18)17-5-3-2-4-6-17/h2-8,14,16H,9-13H2,1H3,(H,23,27)(H,24,28). The van der Waals surface area contributed by atoms with Crippen LogP contribution in [0.1, 0.15) is 35.2 Å². The number of aromatic nitrogens is 2. The number of carbonyl (C=O) groups excluding carboxylic acids is 2. The van der Waals surface area contributed by atoms with Gasteiger partial charge in [0.25, 0.3) is 5.91 Å². The average molecular weight is 392 g/mol. The van der Waals surface area contributed by atoms with Crippen molar-refractivity contribution in [1.29, 1.82) is 0 Å². The Morgan fingerprint density at radius 1 is 1.17 bits per heavy atom. The maximum absolute atomic E-state index is 12.7. The van der Waals surface area contributed by atoms with Crippen molar-refractivity contribution in [3.63, 3.8) is 0 Å². The molecular formula is C22H24N4O3. The van der Waals surface area contributed by atoms with Gasteiger partial charge >= 0.3 is 0 Å². The lowest BCUT2D eigenvalue weighted by Crippen LogP contribution is -2.33. The zero-order chi connectivity index (χ0) is 20.2. The molecule has 0 bridgehead atoms. The monoisotopic (exact) mass is 392 g/mol. The van der Waals surface area contributed by atoms with Gasteiger partial charge in [-0.05, 0) is 30.9 Å². The molecule has 2 N–H and O–H groups in total. The number of carbonyl (C=O) groups is 2. The molecule has 1 aliphatic rings. The zero-order valence-electron chi connectivity index (χ0n) is 16.4. The van der Waals surface area contributed by atoms with Crippen molar-refractivity contribution in [3.8, 4) is 11.3 Å². The van der Waals surface area contributed by atoms with E-state index < -0.39 is 0 Å². The first-order chi connectivity index (χ1) is 14.1. The Balaban J connectivity index is 1.38. The lowest BCUT2D eigenvalue weighted by Gasteiger charge is -2.24. The summed E-state index contributed by atoms with van der Waals surface area (Å²) in [5.41, 5.74) is 2.52. The van der Waals surface area contributed by atoms with Gasteiger partial charge in [-0.25, -0.2) is 0 Å². The SMILES string of the molecule is CC(=O)NCC1CCn2ncc(C(=O)NCc3ccc(-c4ccccc4)o3)c2C1. The molecule has 0 radical (unpaired) electrons. The van der Waals surface area contributed by atoms with E-state index in [0.717, 1.165) is 36.4 Å². The number of nitrogens with one attached hydrogen (secondary N) is 2. The third-order valence-corrected chi connectivity index (χ3v) is 5.21. The number of amides is 2. The largest absolute Gasteiger partial charge is 0.459 e. The summed E-state index contributed by atoms with van der Waals surface area (Å²) in [4.78, 5) is 23.9. The summed E-state index contributed by atoms with van der Waals surface area (Å²) in [5.74, 6) is 1.59. The second-order valence-corrected chi connectivity index (χ2v) is 7.34. The highest BCUT2D eigenvalue weighted by molar-refractivity contribution is 5.95. The molecule has 1 aliphatic heterocycles. The van der Waals surface area contributed by atoms with Crippen LogP contribution in [0.4, 0.5) is 0 Å². The van der Waals surface area contributed by atoms with Gasteiger partial charge in [-0.3, -0.25) is 14.3 Å². The molecule has 0 fully saturated rings. The number of nitrogens with zero attached hydrogens (tertiary/aromatic N) is 2. The van der Waals surface area contributed by atoms with Crippen LogP contribution < -0.4 is 10.6 Å². The van der Waals surface area contributed by atoms with Crippen LogP contribution in [-0.4, -0.2) is 28.1 Å². The van der Waals surface area contributed by atoms with Gasteiger partial charge in [-0.15, -0.1) is 0 Å². The van der Waals surface area contributed by atoms with Gasteiger partial charge in [0.15, 0.2) is 0 Å². The second-order valence-electron chi connectivity index (χ2n) is 7.34. The van der Waals surface area contributed by atoms with E-state index in [1.54, 1.807) is 6.20 Å². The van der Waals surface area contributed by atoms with Crippen LogP contribution in [0.2, 0.25) is 0 Å². The van der Waals surface area contributed by atoms with Crippen LogP contribution in [-0.2, 0) is 24.3 Å². The molecule has 29 heavy (non-hydrogen) atoms. The summed E-state index contributed by atoms with van der Waals surface area (Å²) in [6.45, 7) is 3.21. The summed E-state index contributed by atoms with van der Waals surface area (Å²) >= 11 is 0. The highest BCUT2D eigenvalue weighted by Crippen LogP contribution is 2.24. The van der Waals surface area contributed by atoms with Crippen LogP contribution in [0.5, 0.6) is 0 Å². The summed E-state index contributed by atoms with van der Waals surface area (Å²) in [6.07, 6.45) is 3.29. The van der Waals surface area contributed by atoms with Gasteiger partial charge in [0.1, 0.15) is 11.5 Å². The van der Waals surface area contributed by atoms with E-state index in [1.807, 2.05) is 47.1 Å². The van der Waals surface area contributed by atoms with E-state index in [1.165, 1.54) is 6.92 Å². The average Bonchev–Trinajstić information content (AvgIpc) is 3.38. The Morgan fingerprint density at radius 3 is 2.79 bits per heavy atom. The predicted molar refractivity (Wildman–Crippen MR) is 108 cm³/mol. The molecular weight excluding hydrogens is 368 g/mol. The predicted octanol–water partition coefficient (Wildman–Crippen LogP) is 2.77. The van der Waals surface area contributed by atoms with Crippen molar-refractivity contribution < 1.29 is 14.0 Å². The summed E-state index contributed by atoms with van der Waals surface area (Å²) in [6, 6.07) is 13.6. The van der Waals surface area contributed by atoms with Gasteiger partial charge in [-0.2, -0.15) is 5.10 Å². The minimum absolute atomic E-state index is 0.0321. The molecule has 7 heteroatoms. The Kier molecular flexibility index (Phi) is 5.46. The first-order valence-corrected chi connectivity index (χ1v) is 9.81. The Bertz CT molecular complexity index is 1010. The number of hydrogen-bond acceptors (Lipinski definition) is 4. The van der Waals surface area contributed by atoms with Crippen LogP contribution in [0.3, 0.4) is 0 Å². The normalized spacial score (nSPS) is 15.6. The molecule has 2 amide bonds. The van der Waals surface area contributed by atoms with Crippen molar-refractivity contribution in [2.24, 2.45) is 5.92 Å². The Labute approximate surface area is 169 Å². The third kappa shape index (κ3) is 4.39. The Morgan fingerprint density at radius 2 is 2.00 bits per heavy atom. The number of hydrogen-bond donors (Lipinski definition) is 2. The molecule has 1 unspecified atom stereocenters. The van der Waals surface area contributed by atoms with Crippen LogP contribution >= 0.6 is 0 Å². The fraction of sp³-hybridized carbons (Fsp3) is 0.318. The van der Waals surface area contributed by atoms with Crippen LogP contribution in [0, 0.1) is 5.92 Å². The fourth-order valence-electron chi connectivity index (χ4n) is 3.64. The lowest BCUT2D eigenvalue weighted by molar-refractivity contribution is -0.119. The number of fused-ring (bicyclic) bond motifs is 1. The second kappa shape index (κ2) is 8.34. The molecule has 2 aromatic heterocycles. The van der Waals surface area contributed by atoms with E-state index >= 15 is 0 Å². The van der Waals surface area contributed by atoms with Crippen molar-refractivity contribution in [1.82, 2.24) is 20.4 Å². The third-order valence-electron chi connectivity index (χ3n) is 5.21.